The number of nitrogen functional groups attached to an aromatic ring is 1. The fourth-order valence-electron chi connectivity index (χ4n) is 4.45. The van der Waals surface area contributed by atoms with E-state index in [4.69, 9.17) is 10.2 Å². The molecular formula is C24H25N5O3. The predicted octanol–water partition coefficient (Wildman–Crippen LogP) is 4.14. The van der Waals surface area contributed by atoms with E-state index in [2.05, 4.69) is 10.1 Å². The minimum Gasteiger partial charge on any atom is -0.508 e. The molecule has 0 spiro atoms. The van der Waals surface area contributed by atoms with Crippen LogP contribution in [0.1, 0.15) is 31.4 Å². The molecule has 0 atom stereocenters. The van der Waals surface area contributed by atoms with E-state index in [1.54, 1.807) is 25.3 Å². The Labute approximate surface area is 185 Å². The third-order valence-electron chi connectivity index (χ3n) is 6.26. The van der Waals surface area contributed by atoms with Crippen LogP contribution in [0.15, 0.2) is 47.3 Å². The van der Waals surface area contributed by atoms with E-state index >= 15 is 0 Å². The third kappa shape index (κ3) is 3.47. The molecule has 1 amide bonds. The van der Waals surface area contributed by atoms with E-state index in [1.165, 1.54) is 0 Å². The molecule has 1 aliphatic heterocycles. The minimum absolute atomic E-state index is 0.125. The molecular weight excluding hydrogens is 406 g/mol. The Morgan fingerprint density at radius 1 is 1.19 bits per heavy atom. The van der Waals surface area contributed by atoms with Crippen LogP contribution < -0.4 is 5.73 Å². The summed E-state index contributed by atoms with van der Waals surface area (Å²) in [7, 11) is 0. The van der Waals surface area contributed by atoms with Gasteiger partial charge in [-0.1, -0.05) is 0 Å². The predicted molar refractivity (Wildman–Crippen MR) is 122 cm³/mol. The van der Waals surface area contributed by atoms with Crippen LogP contribution in [0.5, 0.6) is 5.75 Å². The highest BCUT2D eigenvalue weighted by molar-refractivity contribution is 6.00. The first-order valence-electron chi connectivity index (χ1n) is 10.7. The monoisotopic (exact) mass is 431 g/mol. The number of piperidine rings is 1. The molecule has 3 aromatic heterocycles. The average molecular weight is 431 g/mol. The maximum atomic E-state index is 11.6. The number of phenols is 1. The number of nitrogens with two attached hydrogens (primary N) is 1. The summed E-state index contributed by atoms with van der Waals surface area (Å²) in [6, 6.07) is 7.39. The fourth-order valence-corrected chi connectivity index (χ4v) is 4.45. The lowest BCUT2D eigenvalue weighted by atomic mass is 10.0. The number of nitrogens with zero attached hydrogens (tertiary/aromatic N) is 4. The van der Waals surface area contributed by atoms with Crippen LogP contribution in [-0.2, 0) is 4.79 Å². The number of carbonyl (C=O) groups is 1. The van der Waals surface area contributed by atoms with Gasteiger partial charge in [-0.2, -0.15) is 5.10 Å². The molecule has 0 aliphatic carbocycles. The summed E-state index contributed by atoms with van der Waals surface area (Å²) >= 11 is 0. The summed E-state index contributed by atoms with van der Waals surface area (Å²) < 4.78 is 8.08. The molecule has 4 heterocycles. The number of amides is 1. The molecule has 1 saturated heterocycles. The maximum Gasteiger partial charge on any atom is 0.219 e. The average Bonchev–Trinajstić information content (AvgIpc) is 3.42. The fraction of sp³-hybridized carbons (Fsp3) is 0.292. The normalized spacial score (nSPS) is 14.9. The summed E-state index contributed by atoms with van der Waals surface area (Å²) in [6.07, 6.45) is 7.38. The van der Waals surface area contributed by atoms with E-state index in [0.29, 0.717) is 17.2 Å². The van der Waals surface area contributed by atoms with Gasteiger partial charge in [0.2, 0.25) is 5.91 Å². The topological polar surface area (TPSA) is 110 Å². The summed E-state index contributed by atoms with van der Waals surface area (Å²) in [4.78, 5) is 17.8. The number of likely N-dealkylation sites (tertiary alicyclic amines) is 1. The Kier molecular flexibility index (Phi) is 4.84. The second-order valence-corrected chi connectivity index (χ2v) is 8.36. The SMILES string of the molecule is CC(=O)N1CCC(n2cc(-c3cnc(N)c4oc(-c5ccc(O)cc5C)cc34)cn2)CC1. The van der Waals surface area contributed by atoms with Gasteiger partial charge in [-0.25, -0.2) is 4.98 Å². The van der Waals surface area contributed by atoms with Gasteiger partial charge in [0.15, 0.2) is 11.4 Å². The minimum atomic E-state index is 0.125. The molecule has 3 N–H and O–H groups in total. The van der Waals surface area contributed by atoms with E-state index in [-0.39, 0.29) is 17.7 Å². The summed E-state index contributed by atoms with van der Waals surface area (Å²) in [6.45, 7) is 5.04. The Bertz CT molecular complexity index is 1310. The lowest BCUT2D eigenvalue weighted by Gasteiger charge is -2.31. The maximum absolute atomic E-state index is 11.6. The van der Waals surface area contributed by atoms with Crippen molar-refractivity contribution in [3.63, 3.8) is 0 Å². The van der Waals surface area contributed by atoms with E-state index in [0.717, 1.165) is 53.6 Å². The van der Waals surface area contributed by atoms with Crippen molar-refractivity contribution in [3.05, 3.63) is 48.4 Å². The number of fused-ring (bicyclic) bond motifs is 1. The quantitative estimate of drug-likeness (QED) is 0.504. The van der Waals surface area contributed by atoms with Crippen molar-refractivity contribution < 1.29 is 14.3 Å². The molecule has 164 valence electrons. The number of phenolic OH excluding ortho intramolecular Hbond substituents is 1. The number of benzene rings is 1. The number of hydrogen-bond acceptors (Lipinski definition) is 6. The van der Waals surface area contributed by atoms with Gasteiger partial charge in [-0.15, -0.1) is 0 Å². The molecule has 0 bridgehead atoms. The van der Waals surface area contributed by atoms with Gasteiger partial charge in [0, 0.05) is 54.5 Å². The Hall–Kier alpha value is -3.81. The Morgan fingerprint density at radius 2 is 1.97 bits per heavy atom. The number of aryl methyl sites for hydroxylation is 1. The third-order valence-corrected chi connectivity index (χ3v) is 6.26. The summed E-state index contributed by atoms with van der Waals surface area (Å²) in [5.74, 6) is 1.34. The van der Waals surface area contributed by atoms with Crippen molar-refractivity contribution in [2.24, 2.45) is 0 Å². The lowest BCUT2D eigenvalue weighted by molar-refractivity contribution is -0.130. The van der Waals surface area contributed by atoms with Crippen LogP contribution in [0.2, 0.25) is 0 Å². The van der Waals surface area contributed by atoms with Crippen LogP contribution in [-0.4, -0.2) is 43.8 Å². The second kappa shape index (κ2) is 7.71. The van der Waals surface area contributed by atoms with E-state index in [9.17, 15) is 9.90 Å². The molecule has 1 aliphatic rings. The molecule has 0 unspecified atom stereocenters. The van der Waals surface area contributed by atoms with Gasteiger partial charge >= 0.3 is 0 Å². The number of carbonyl (C=O) groups excluding carboxylic acids is 1. The van der Waals surface area contributed by atoms with Crippen LogP contribution >= 0.6 is 0 Å². The zero-order valence-corrected chi connectivity index (χ0v) is 18.1. The molecule has 32 heavy (non-hydrogen) atoms. The van der Waals surface area contributed by atoms with Gasteiger partial charge < -0.3 is 20.2 Å². The molecule has 1 aromatic carbocycles. The molecule has 4 aromatic rings. The van der Waals surface area contributed by atoms with Crippen LogP contribution in [0.3, 0.4) is 0 Å². The van der Waals surface area contributed by atoms with Gasteiger partial charge in [0.05, 0.1) is 12.2 Å². The van der Waals surface area contributed by atoms with Crippen molar-refractivity contribution in [1.82, 2.24) is 19.7 Å². The number of pyridine rings is 1. The largest absolute Gasteiger partial charge is 0.508 e. The van der Waals surface area contributed by atoms with Gasteiger partial charge in [-0.05, 0) is 49.6 Å². The molecule has 0 radical (unpaired) electrons. The molecule has 0 saturated carbocycles. The first-order chi connectivity index (χ1) is 15.4. The first-order valence-corrected chi connectivity index (χ1v) is 10.7. The summed E-state index contributed by atoms with van der Waals surface area (Å²) in [5.41, 5.74) is 10.3. The smallest absolute Gasteiger partial charge is 0.219 e. The van der Waals surface area contributed by atoms with Crippen LogP contribution in [0.25, 0.3) is 33.4 Å². The number of anilines is 1. The Morgan fingerprint density at radius 3 is 2.69 bits per heavy atom. The van der Waals surface area contributed by atoms with Gasteiger partial charge in [0.1, 0.15) is 11.5 Å². The van der Waals surface area contributed by atoms with E-state index in [1.807, 2.05) is 41.0 Å². The van der Waals surface area contributed by atoms with Crippen molar-refractivity contribution in [2.75, 3.05) is 18.8 Å². The lowest BCUT2D eigenvalue weighted by Crippen LogP contribution is -2.37. The number of aromatic hydroxyl groups is 1. The molecule has 8 nitrogen and oxygen atoms in total. The molecule has 1 fully saturated rings. The highest BCUT2D eigenvalue weighted by atomic mass is 16.3. The molecule has 5 rings (SSSR count). The zero-order chi connectivity index (χ0) is 22.4. The number of rotatable bonds is 3. The second-order valence-electron chi connectivity index (χ2n) is 8.36. The van der Waals surface area contributed by atoms with Crippen molar-refractivity contribution in [2.45, 2.75) is 32.7 Å². The zero-order valence-electron chi connectivity index (χ0n) is 18.1. The highest BCUT2D eigenvalue weighted by Crippen LogP contribution is 2.38. The van der Waals surface area contributed by atoms with Crippen molar-refractivity contribution in [3.8, 4) is 28.2 Å². The number of hydrogen-bond donors (Lipinski definition) is 2. The standard InChI is InChI=1S/C24H25N5O3/c1-14-9-18(31)3-4-19(14)22-10-20-21(12-26-24(25)23(20)32-22)16-11-27-29(13-16)17-5-7-28(8-6-17)15(2)30/h3-4,9-13,17,31H,5-8H2,1-2H3,(H2,25,26). The first kappa shape index (κ1) is 20.1. The van der Waals surface area contributed by atoms with Crippen LogP contribution in [0.4, 0.5) is 5.82 Å². The van der Waals surface area contributed by atoms with Crippen molar-refractivity contribution >= 4 is 22.7 Å². The summed E-state index contributed by atoms with van der Waals surface area (Å²) in [5, 5.41) is 15.2. The molecule has 8 heteroatoms. The van der Waals surface area contributed by atoms with E-state index < -0.39 is 0 Å². The number of furan rings is 1. The number of aromatic nitrogens is 3. The highest BCUT2D eigenvalue weighted by Gasteiger charge is 2.23. The van der Waals surface area contributed by atoms with Gasteiger partial charge in [0.25, 0.3) is 0 Å². The van der Waals surface area contributed by atoms with Gasteiger partial charge in [-0.3, -0.25) is 9.48 Å². The van der Waals surface area contributed by atoms with Crippen molar-refractivity contribution in [1.29, 1.82) is 0 Å². The Balaban J connectivity index is 1.49. The van der Waals surface area contributed by atoms with Crippen LogP contribution in [0, 0.1) is 6.92 Å².